The summed E-state index contributed by atoms with van der Waals surface area (Å²) in [5.74, 6) is 0. The summed E-state index contributed by atoms with van der Waals surface area (Å²) in [6.45, 7) is 9.37. The molecule has 0 aliphatic rings. The molecule has 2 heteroatoms. The van der Waals surface area contributed by atoms with Crippen LogP contribution >= 0.6 is 0 Å². The third-order valence-corrected chi connectivity index (χ3v) is 4.50. The van der Waals surface area contributed by atoms with Crippen molar-refractivity contribution in [2.75, 3.05) is 5.32 Å². The molecule has 3 rings (SSSR count). The Morgan fingerprint density at radius 1 is 0.760 bits per heavy atom. The topological polar surface area (TPSA) is 17.0 Å². The molecule has 25 heavy (non-hydrogen) atoms. The Morgan fingerprint density at radius 3 is 2.28 bits per heavy atom. The average Bonchev–Trinajstić information content (AvgIpc) is 3.12. The summed E-state index contributed by atoms with van der Waals surface area (Å²) in [4.78, 5) is 0. The zero-order valence-corrected chi connectivity index (χ0v) is 14.7. The molecule has 3 aromatic rings. The second kappa shape index (κ2) is 8.57. The molecule has 1 N–H and O–H groups in total. The van der Waals surface area contributed by atoms with Gasteiger partial charge in [0.1, 0.15) is 0 Å². The van der Waals surface area contributed by atoms with E-state index in [9.17, 15) is 0 Å². The lowest BCUT2D eigenvalue weighted by molar-refractivity contribution is 0.589. The third kappa shape index (κ3) is 4.99. The summed E-state index contributed by atoms with van der Waals surface area (Å²) in [6, 6.07) is 18.8. The number of para-hydroxylation sites is 1. The normalized spacial score (nSPS) is 10.8. The standard InChI is InChI=1S/C23H26N2/c1-19-10-5-6-12-22(19)24-23-14-13-21(18-20(23)2)11-4-3-7-15-25-16-8-9-17-25/h5-6,8-10,12-14,16-18,24H,1-4,7,11,15H2. The Labute approximate surface area is 151 Å². The Bertz CT molecular complexity index is 788. The smallest absolute Gasteiger partial charge is 0.0417 e. The van der Waals surface area contributed by atoms with Gasteiger partial charge in [-0.2, -0.15) is 0 Å². The van der Waals surface area contributed by atoms with Crippen molar-refractivity contribution < 1.29 is 0 Å². The van der Waals surface area contributed by atoms with Gasteiger partial charge in [0, 0.05) is 30.3 Å². The van der Waals surface area contributed by atoms with Crippen molar-refractivity contribution in [1.82, 2.24) is 4.57 Å². The molecule has 0 saturated heterocycles. The summed E-state index contributed by atoms with van der Waals surface area (Å²) >= 11 is 0. The lowest BCUT2D eigenvalue weighted by atomic mass is 10.0. The van der Waals surface area contributed by atoms with Crippen LogP contribution in [0.25, 0.3) is 0 Å². The molecule has 2 radical (unpaired) electrons. The van der Waals surface area contributed by atoms with Gasteiger partial charge in [-0.05, 0) is 74.1 Å². The molecule has 128 valence electrons. The maximum Gasteiger partial charge on any atom is 0.0417 e. The van der Waals surface area contributed by atoms with E-state index >= 15 is 0 Å². The SMILES string of the molecule is [CH2]c1ccccc1Nc1ccc(CCCCCn2cccc2)cc1[CH2]. The Hall–Kier alpha value is -2.48. The number of hydrogen-bond donors (Lipinski definition) is 1. The molecule has 2 aromatic carbocycles. The van der Waals surface area contributed by atoms with Crippen LogP contribution in [0.15, 0.2) is 67.0 Å². The first-order valence-corrected chi connectivity index (χ1v) is 8.96. The van der Waals surface area contributed by atoms with E-state index in [1.807, 2.05) is 24.3 Å². The van der Waals surface area contributed by atoms with Crippen molar-refractivity contribution in [3.63, 3.8) is 0 Å². The molecule has 0 bridgehead atoms. The number of rotatable bonds is 8. The molecular formula is C23H26N2. The summed E-state index contributed by atoms with van der Waals surface area (Å²) in [5, 5.41) is 3.43. The molecule has 1 heterocycles. The lowest BCUT2D eigenvalue weighted by Gasteiger charge is -2.13. The number of anilines is 2. The van der Waals surface area contributed by atoms with Gasteiger partial charge < -0.3 is 9.88 Å². The second-order valence-corrected chi connectivity index (χ2v) is 6.51. The van der Waals surface area contributed by atoms with Crippen LogP contribution in [0.5, 0.6) is 0 Å². The molecule has 2 nitrogen and oxygen atoms in total. The quantitative estimate of drug-likeness (QED) is 0.501. The molecule has 0 atom stereocenters. The highest BCUT2D eigenvalue weighted by Gasteiger charge is 2.03. The van der Waals surface area contributed by atoms with Crippen molar-refractivity contribution in [2.24, 2.45) is 0 Å². The molecule has 0 aliphatic heterocycles. The van der Waals surface area contributed by atoms with E-state index in [-0.39, 0.29) is 0 Å². The molecule has 0 fully saturated rings. The Kier molecular flexibility index (Phi) is 5.95. The number of nitrogens with zero attached hydrogens (tertiary/aromatic N) is 1. The van der Waals surface area contributed by atoms with E-state index < -0.39 is 0 Å². The van der Waals surface area contributed by atoms with Crippen LogP contribution in [0.4, 0.5) is 11.4 Å². The maximum absolute atomic E-state index is 4.20. The predicted molar refractivity (Wildman–Crippen MR) is 107 cm³/mol. The molecule has 0 spiro atoms. The molecular weight excluding hydrogens is 304 g/mol. The summed E-state index contributed by atoms with van der Waals surface area (Å²) in [5.41, 5.74) is 5.47. The highest BCUT2D eigenvalue weighted by Crippen LogP contribution is 2.24. The van der Waals surface area contributed by atoms with Gasteiger partial charge in [-0.15, -0.1) is 0 Å². The van der Waals surface area contributed by atoms with E-state index in [4.69, 9.17) is 0 Å². The van der Waals surface area contributed by atoms with Crippen LogP contribution in [0.3, 0.4) is 0 Å². The average molecular weight is 330 g/mol. The Morgan fingerprint density at radius 2 is 1.52 bits per heavy atom. The van der Waals surface area contributed by atoms with E-state index in [1.54, 1.807) is 0 Å². The zero-order chi connectivity index (χ0) is 17.5. The van der Waals surface area contributed by atoms with Gasteiger partial charge in [0.2, 0.25) is 0 Å². The van der Waals surface area contributed by atoms with Crippen molar-refractivity contribution in [3.8, 4) is 0 Å². The van der Waals surface area contributed by atoms with Gasteiger partial charge >= 0.3 is 0 Å². The van der Waals surface area contributed by atoms with Crippen molar-refractivity contribution in [2.45, 2.75) is 32.2 Å². The summed E-state index contributed by atoms with van der Waals surface area (Å²) in [6.07, 6.45) is 9.07. The first kappa shape index (κ1) is 17.3. The fraction of sp³-hybridized carbons (Fsp3) is 0.217. The minimum Gasteiger partial charge on any atom is -0.355 e. The van der Waals surface area contributed by atoms with Crippen LogP contribution in [0.1, 0.15) is 36.0 Å². The van der Waals surface area contributed by atoms with Gasteiger partial charge in [-0.25, -0.2) is 0 Å². The minimum atomic E-state index is 0.994. The lowest BCUT2D eigenvalue weighted by Crippen LogP contribution is -1.97. The zero-order valence-electron chi connectivity index (χ0n) is 14.7. The third-order valence-electron chi connectivity index (χ3n) is 4.50. The first-order valence-electron chi connectivity index (χ1n) is 8.96. The molecule has 0 aliphatic carbocycles. The number of aryl methyl sites for hydroxylation is 2. The van der Waals surface area contributed by atoms with Crippen LogP contribution in [0.2, 0.25) is 0 Å². The van der Waals surface area contributed by atoms with Gasteiger partial charge in [0.25, 0.3) is 0 Å². The van der Waals surface area contributed by atoms with Gasteiger partial charge in [-0.1, -0.05) is 36.8 Å². The van der Waals surface area contributed by atoms with Crippen LogP contribution in [-0.4, -0.2) is 4.57 Å². The molecule has 0 saturated carbocycles. The van der Waals surface area contributed by atoms with Crippen LogP contribution in [-0.2, 0) is 13.0 Å². The van der Waals surface area contributed by atoms with E-state index in [0.29, 0.717) is 0 Å². The Balaban J connectivity index is 1.49. The maximum atomic E-state index is 4.20. The highest BCUT2D eigenvalue weighted by atomic mass is 14.9. The minimum absolute atomic E-state index is 0.994. The second-order valence-electron chi connectivity index (χ2n) is 6.51. The highest BCUT2D eigenvalue weighted by molar-refractivity contribution is 5.67. The predicted octanol–water partition coefficient (Wildman–Crippen LogP) is 6.01. The van der Waals surface area contributed by atoms with Gasteiger partial charge in [-0.3, -0.25) is 0 Å². The van der Waals surface area contributed by atoms with E-state index in [0.717, 1.165) is 35.5 Å². The monoisotopic (exact) mass is 330 g/mol. The molecule has 0 amide bonds. The van der Waals surface area contributed by atoms with Gasteiger partial charge in [0.05, 0.1) is 0 Å². The van der Waals surface area contributed by atoms with E-state index in [1.165, 1.54) is 24.8 Å². The van der Waals surface area contributed by atoms with Crippen molar-refractivity contribution in [1.29, 1.82) is 0 Å². The number of hydrogen-bond acceptors (Lipinski definition) is 1. The first-order chi connectivity index (χ1) is 12.2. The number of benzene rings is 2. The number of nitrogens with one attached hydrogen (secondary N) is 1. The van der Waals surface area contributed by atoms with Crippen LogP contribution < -0.4 is 5.32 Å². The summed E-state index contributed by atoms with van der Waals surface area (Å²) in [7, 11) is 0. The number of unbranched alkanes of at least 4 members (excludes halogenated alkanes) is 2. The van der Waals surface area contributed by atoms with Crippen LogP contribution in [0, 0.1) is 13.8 Å². The number of aromatic nitrogens is 1. The summed E-state index contributed by atoms with van der Waals surface area (Å²) < 4.78 is 2.24. The fourth-order valence-electron chi connectivity index (χ4n) is 3.03. The van der Waals surface area contributed by atoms with E-state index in [2.05, 4.69) is 66.5 Å². The van der Waals surface area contributed by atoms with Crippen molar-refractivity contribution in [3.05, 3.63) is 97.5 Å². The fourth-order valence-corrected chi connectivity index (χ4v) is 3.03. The van der Waals surface area contributed by atoms with Crippen molar-refractivity contribution >= 4 is 11.4 Å². The molecule has 0 unspecified atom stereocenters. The largest absolute Gasteiger partial charge is 0.355 e. The van der Waals surface area contributed by atoms with Gasteiger partial charge in [0.15, 0.2) is 0 Å². The molecule has 1 aromatic heterocycles.